The van der Waals surface area contributed by atoms with E-state index in [0.29, 0.717) is 0 Å². The van der Waals surface area contributed by atoms with Crippen molar-refractivity contribution in [3.8, 4) is 0 Å². The molecule has 0 N–H and O–H groups in total. The van der Waals surface area contributed by atoms with Gasteiger partial charge in [-0.05, 0) is 82.7 Å². The van der Waals surface area contributed by atoms with Crippen LogP contribution >= 0.6 is 0 Å². The van der Waals surface area contributed by atoms with E-state index in [2.05, 4.69) is 98.8 Å². The van der Waals surface area contributed by atoms with E-state index in [0.717, 1.165) is 12.8 Å². The molecule has 0 atom stereocenters. The van der Waals surface area contributed by atoms with Gasteiger partial charge in [0.2, 0.25) is 0 Å². The first-order valence-electron chi connectivity index (χ1n) is 14.4. The minimum atomic E-state index is 0.996. The molecule has 0 saturated carbocycles. The molecule has 0 aliphatic carbocycles. The van der Waals surface area contributed by atoms with E-state index >= 15 is 0 Å². The summed E-state index contributed by atoms with van der Waals surface area (Å²) in [6.45, 7) is 4.55. The standard InChI is InChI=1S/C36H44/c1-3-5-7-9-11-29-13-17-31(18-14-29)25-33-21-23-35-24-22-34(28-36(35)27-33)26-32-19-15-30(16-20-32)12-10-8-6-4-2/h13-24,27-28H,3-12,25-26H2,1-2H3. The van der Waals surface area contributed by atoms with Crippen molar-refractivity contribution in [2.45, 2.75) is 90.9 Å². The van der Waals surface area contributed by atoms with Gasteiger partial charge < -0.3 is 0 Å². The van der Waals surface area contributed by atoms with Gasteiger partial charge in [0.05, 0.1) is 0 Å². The van der Waals surface area contributed by atoms with Crippen molar-refractivity contribution in [1.29, 1.82) is 0 Å². The van der Waals surface area contributed by atoms with Crippen molar-refractivity contribution < 1.29 is 0 Å². The summed E-state index contributed by atoms with van der Waals surface area (Å²) in [6.07, 6.45) is 15.0. The van der Waals surface area contributed by atoms with Gasteiger partial charge in [0.15, 0.2) is 0 Å². The lowest BCUT2D eigenvalue weighted by Crippen LogP contribution is -1.92. The maximum Gasteiger partial charge on any atom is -0.00255 e. The summed E-state index contributed by atoms with van der Waals surface area (Å²) in [7, 11) is 0. The van der Waals surface area contributed by atoms with Crippen molar-refractivity contribution in [2.24, 2.45) is 0 Å². The van der Waals surface area contributed by atoms with Gasteiger partial charge in [-0.3, -0.25) is 0 Å². The van der Waals surface area contributed by atoms with Crippen LogP contribution < -0.4 is 0 Å². The fraction of sp³-hybridized carbons (Fsp3) is 0.389. The van der Waals surface area contributed by atoms with Crippen LogP contribution in [0, 0.1) is 0 Å². The second kappa shape index (κ2) is 14.0. The molecular weight excluding hydrogens is 432 g/mol. The van der Waals surface area contributed by atoms with Gasteiger partial charge >= 0.3 is 0 Å². The zero-order chi connectivity index (χ0) is 25.0. The third-order valence-corrected chi connectivity index (χ3v) is 7.47. The average molecular weight is 477 g/mol. The van der Waals surface area contributed by atoms with E-state index in [4.69, 9.17) is 0 Å². The number of rotatable bonds is 14. The fourth-order valence-corrected chi connectivity index (χ4v) is 5.20. The molecule has 188 valence electrons. The fourth-order valence-electron chi connectivity index (χ4n) is 5.20. The number of fused-ring (bicyclic) bond motifs is 1. The summed E-state index contributed by atoms with van der Waals surface area (Å²) in [4.78, 5) is 0. The number of hydrogen-bond donors (Lipinski definition) is 0. The largest absolute Gasteiger partial charge is 0.0654 e. The Labute approximate surface area is 219 Å². The second-order valence-corrected chi connectivity index (χ2v) is 10.6. The van der Waals surface area contributed by atoms with E-state index in [1.165, 1.54) is 108 Å². The van der Waals surface area contributed by atoms with Crippen LogP contribution in [-0.2, 0) is 25.7 Å². The third-order valence-electron chi connectivity index (χ3n) is 7.47. The smallest absolute Gasteiger partial charge is 0.00255 e. The highest BCUT2D eigenvalue weighted by Crippen LogP contribution is 2.22. The van der Waals surface area contributed by atoms with E-state index < -0.39 is 0 Å². The first-order chi connectivity index (χ1) is 17.7. The molecule has 0 amide bonds. The minimum Gasteiger partial charge on any atom is -0.0654 e. The number of aryl methyl sites for hydroxylation is 2. The Morgan fingerprint density at radius 3 is 1.17 bits per heavy atom. The van der Waals surface area contributed by atoms with E-state index in [-0.39, 0.29) is 0 Å². The summed E-state index contributed by atoms with van der Waals surface area (Å²) in [5, 5.41) is 2.68. The summed E-state index contributed by atoms with van der Waals surface area (Å²) >= 11 is 0. The SMILES string of the molecule is CCCCCCc1ccc(Cc2ccc3ccc(Cc4ccc(CCCCCC)cc4)cc3c2)cc1. The summed E-state index contributed by atoms with van der Waals surface area (Å²) in [5.74, 6) is 0. The Morgan fingerprint density at radius 1 is 0.361 bits per heavy atom. The van der Waals surface area contributed by atoms with Crippen LogP contribution in [0.3, 0.4) is 0 Å². The molecule has 4 aromatic carbocycles. The number of hydrogen-bond acceptors (Lipinski definition) is 0. The molecule has 0 bridgehead atoms. The predicted molar refractivity (Wildman–Crippen MR) is 158 cm³/mol. The third kappa shape index (κ3) is 8.09. The molecule has 0 unspecified atom stereocenters. The van der Waals surface area contributed by atoms with Crippen LogP contribution in [0.2, 0.25) is 0 Å². The molecule has 36 heavy (non-hydrogen) atoms. The van der Waals surface area contributed by atoms with Crippen LogP contribution in [0.4, 0.5) is 0 Å². The molecule has 0 spiro atoms. The van der Waals surface area contributed by atoms with Crippen LogP contribution in [0.5, 0.6) is 0 Å². The lowest BCUT2D eigenvalue weighted by molar-refractivity contribution is 0.667. The molecular formula is C36H44. The van der Waals surface area contributed by atoms with Gasteiger partial charge in [0, 0.05) is 0 Å². The molecule has 4 aromatic rings. The van der Waals surface area contributed by atoms with E-state index in [1.807, 2.05) is 0 Å². The molecule has 0 aliphatic rings. The highest BCUT2D eigenvalue weighted by atomic mass is 14.1. The summed E-state index contributed by atoms with van der Waals surface area (Å²) < 4.78 is 0. The summed E-state index contributed by atoms with van der Waals surface area (Å²) in [5.41, 5.74) is 8.53. The van der Waals surface area contributed by atoms with Crippen LogP contribution in [0.25, 0.3) is 10.8 Å². The van der Waals surface area contributed by atoms with E-state index in [9.17, 15) is 0 Å². The van der Waals surface area contributed by atoms with Gasteiger partial charge in [0.25, 0.3) is 0 Å². The Morgan fingerprint density at radius 2 is 0.750 bits per heavy atom. The molecule has 0 saturated heterocycles. The molecule has 0 aliphatic heterocycles. The lowest BCUT2D eigenvalue weighted by atomic mass is 9.96. The van der Waals surface area contributed by atoms with Crippen LogP contribution in [-0.4, -0.2) is 0 Å². The highest BCUT2D eigenvalue weighted by molar-refractivity contribution is 5.84. The Hall–Kier alpha value is -2.86. The quantitative estimate of drug-likeness (QED) is 0.159. The van der Waals surface area contributed by atoms with Crippen molar-refractivity contribution in [3.05, 3.63) is 118 Å². The monoisotopic (exact) mass is 476 g/mol. The van der Waals surface area contributed by atoms with Gasteiger partial charge in [-0.15, -0.1) is 0 Å². The van der Waals surface area contributed by atoms with Crippen molar-refractivity contribution in [3.63, 3.8) is 0 Å². The maximum atomic E-state index is 2.39. The van der Waals surface area contributed by atoms with Gasteiger partial charge in [-0.1, -0.05) is 137 Å². The average Bonchev–Trinajstić information content (AvgIpc) is 2.91. The van der Waals surface area contributed by atoms with Crippen LogP contribution in [0.15, 0.2) is 84.9 Å². The Balaban J connectivity index is 1.36. The first kappa shape index (κ1) is 26.2. The molecule has 0 aromatic heterocycles. The zero-order valence-corrected chi connectivity index (χ0v) is 22.6. The molecule has 0 heteroatoms. The van der Waals surface area contributed by atoms with Gasteiger partial charge in [-0.25, -0.2) is 0 Å². The van der Waals surface area contributed by atoms with Gasteiger partial charge in [-0.2, -0.15) is 0 Å². The normalized spacial score (nSPS) is 11.3. The molecule has 0 fully saturated rings. The topological polar surface area (TPSA) is 0 Å². The van der Waals surface area contributed by atoms with E-state index in [1.54, 1.807) is 0 Å². The molecule has 4 rings (SSSR count). The second-order valence-electron chi connectivity index (χ2n) is 10.6. The molecule has 0 radical (unpaired) electrons. The highest BCUT2D eigenvalue weighted by Gasteiger charge is 2.03. The zero-order valence-electron chi connectivity index (χ0n) is 22.6. The Bertz CT molecular complexity index is 1090. The van der Waals surface area contributed by atoms with Crippen molar-refractivity contribution in [1.82, 2.24) is 0 Å². The van der Waals surface area contributed by atoms with Crippen molar-refractivity contribution >= 4 is 10.8 Å². The Kier molecular flexibility index (Phi) is 10.2. The lowest BCUT2D eigenvalue weighted by Gasteiger charge is -2.09. The van der Waals surface area contributed by atoms with Gasteiger partial charge in [0.1, 0.15) is 0 Å². The number of benzene rings is 4. The summed E-state index contributed by atoms with van der Waals surface area (Å²) in [6, 6.07) is 32.5. The number of unbranched alkanes of at least 4 members (excludes halogenated alkanes) is 6. The van der Waals surface area contributed by atoms with Crippen molar-refractivity contribution in [2.75, 3.05) is 0 Å². The van der Waals surface area contributed by atoms with Crippen LogP contribution in [0.1, 0.15) is 98.6 Å². The maximum absolute atomic E-state index is 2.39. The first-order valence-corrected chi connectivity index (χ1v) is 14.4. The minimum absolute atomic E-state index is 0.996. The predicted octanol–water partition coefficient (Wildman–Crippen LogP) is 10.3. The molecule has 0 nitrogen and oxygen atoms in total. The molecule has 0 heterocycles.